The fourth-order valence-electron chi connectivity index (χ4n) is 2.37. The standard InChI is InChI=1S/C15H22N2O2/c1-15(2,3)12-6-4-5-7-13(12)16-14(19)17-9-8-11(18)10-17/h4-7,11,18H,8-10H2,1-3H3,(H,16,19)/t11-/m0/s1. The van der Waals surface area contributed by atoms with Crippen LogP contribution in [0.3, 0.4) is 0 Å². The lowest BCUT2D eigenvalue weighted by molar-refractivity contribution is 0.176. The summed E-state index contributed by atoms with van der Waals surface area (Å²) in [5.41, 5.74) is 1.94. The molecule has 1 aliphatic rings. The Kier molecular flexibility index (Phi) is 3.80. The highest BCUT2D eigenvalue weighted by Gasteiger charge is 2.26. The van der Waals surface area contributed by atoms with Crippen molar-refractivity contribution in [1.29, 1.82) is 0 Å². The highest BCUT2D eigenvalue weighted by molar-refractivity contribution is 5.90. The Bertz CT molecular complexity index is 465. The summed E-state index contributed by atoms with van der Waals surface area (Å²) in [7, 11) is 0. The smallest absolute Gasteiger partial charge is 0.321 e. The molecule has 2 N–H and O–H groups in total. The Labute approximate surface area is 114 Å². The van der Waals surface area contributed by atoms with Crippen LogP contribution in [-0.2, 0) is 5.41 Å². The van der Waals surface area contributed by atoms with Crippen LogP contribution in [0, 0.1) is 0 Å². The molecule has 104 valence electrons. The molecule has 1 heterocycles. The molecule has 1 aromatic carbocycles. The SMILES string of the molecule is CC(C)(C)c1ccccc1NC(=O)N1CC[C@H](O)C1. The highest BCUT2D eigenvalue weighted by atomic mass is 16.3. The van der Waals surface area contributed by atoms with Gasteiger partial charge >= 0.3 is 6.03 Å². The summed E-state index contributed by atoms with van der Waals surface area (Å²) in [4.78, 5) is 13.8. The first-order chi connectivity index (χ1) is 8.88. The van der Waals surface area contributed by atoms with E-state index in [0.29, 0.717) is 19.5 Å². The number of carbonyl (C=O) groups excluding carboxylic acids is 1. The van der Waals surface area contributed by atoms with Gasteiger partial charge in [-0.3, -0.25) is 0 Å². The molecule has 1 fully saturated rings. The number of hydrogen-bond donors (Lipinski definition) is 2. The van der Waals surface area contributed by atoms with Gasteiger partial charge in [0.1, 0.15) is 0 Å². The molecule has 0 bridgehead atoms. The summed E-state index contributed by atoms with van der Waals surface area (Å²) in [5, 5.41) is 12.4. The molecule has 2 rings (SSSR count). The molecule has 0 unspecified atom stereocenters. The van der Waals surface area contributed by atoms with Gasteiger partial charge in [-0.1, -0.05) is 39.0 Å². The van der Waals surface area contributed by atoms with Crippen molar-refractivity contribution in [3.05, 3.63) is 29.8 Å². The van der Waals surface area contributed by atoms with Crippen LogP contribution in [0.25, 0.3) is 0 Å². The van der Waals surface area contributed by atoms with E-state index in [1.54, 1.807) is 4.90 Å². The van der Waals surface area contributed by atoms with Crippen LogP contribution >= 0.6 is 0 Å². The molecule has 19 heavy (non-hydrogen) atoms. The van der Waals surface area contributed by atoms with E-state index in [1.807, 2.05) is 24.3 Å². The molecule has 1 saturated heterocycles. The second kappa shape index (κ2) is 5.21. The Balaban J connectivity index is 2.13. The number of urea groups is 1. The van der Waals surface area contributed by atoms with Crippen LogP contribution in [0.4, 0.5) is 10.5 Å². The molecule has 0 aromatic heterocycles. The maximum Gasteiger partial charge on any atom is 0.321 e. The van der Waals surface area contributed by atoms with Gasteiger partial charge in [-0.15, -0.1) is 0 Å². The molecule has 0 spiro atoms. The number of nitrogens with zero attached hydrogens (tertiary/aromatic N) is 1. The Hall–Kier alpha value is -1.55. The molecule has 2 amide bonds. The minimum absolute atomic E-state index is 0.0194. The first kappa shape index (κ1) is 13.9. The molecule has 1 aromatic rings. The van der Waals surface area contributed by atoms with Crippen LogP contribution < -0.4 is 5.32 Å². The lowest BCUT2D eigenvalue weighted by Gasteiger charge is -2.24. The number of hydrogen-bond acceptors (Lipinski definition) is 2. The Morgan fingerprint density at radius 2 is 2.05 bits per heavy atom. The summed E-state index contributed by atoms with van der Waals surface area (Å²) in [6.07, 6.45) is 0.276. The second-order valence-electron chi connectivity index (χ2n) is 6.11. The van der Waals surface area contributed by atoms with Crippen molar-refractivity contribution >= 4 is 11.7 Å². The number of amides is 2. The Morgan fingerprint density at radius 1 is 1.37 bits per heavy atom. The van der Waals surface area contributed by atoms with Gasteiger partial charge in [-0.25, -0.2) is 4.79 Å². The molecule has 1 atom stereocenters. The lowest BCUT2D eigenvalue weighted by atomic mass is 9.86. The monoisotopic (exact) mass is 262 g/mol. The number of nitrogens with one attached hydrogen (secondary N) is 1. The largest absolute Gasteiger partial charge is 0.391 e. The van der Waals surface area contributed by atoms with Gasteiger partial charge in [0, 0.05) is 18.8 Å². The highest BCUT2D eigenvalue weighted by Crippen LogP contribution is 2.29. The predicted octanol–water partition coefficient (Wildman–Crippen LogP) is 2.58. The van der Waals surface area contributed by atoms with Crippen LogP contribution in [0.2, 0.25) is 0 Å². The van der Waals surface area contributed by atoms with Crippen LogP contribution in [0.1, 0.15) is 32.8 Å². The zero-order valence-corrected chi connectivity index (χ0v) is 11.8. The van der Waals surface area contributed by atoms with Gasteiger partial charge in [0.05, 0.1) is 6.10 Å². The summed E-state index contributed by atoms with van der Waals surface area (Å²) in [5.74, 6) is 0. The fourth-order valence-corrected chi connectivity index (χ4v) is 2.37. The van der Waals surface area contributed by atoms with Crippen LogP contribution in [0.15, 0.2) is 24.3 Å². The number of rotatable bonds is 1. The topological polar surface area (TPSA) is 52.6 Å². The molecule has 4 heteroatoms. The summed E-state index contributed by atoms with van der Waals surface area (Å²) in [6, 6.07) is 7.73. The number of benzene rings is 1. The van der Waals surface area contributed by atoms with E-state index in [2.05, 4.69) is 26.1 Å². The summed E-state index contributed by atoms with van der Waals surface area (Å²) >= 11 is 0. The van der Waals surface area contributed by atoms with Crippen LogP contribution in [0.5, 0.6) is 0 Å². The number of β-amino-alcohol motifs (C(OH)–C–C–N with tert-alkyl or cyclic N) is 1. The van der Waals surface area contributed by atoms with E-state index < -0.39 is 0 Å². The average Bonchev–Trinajstić information content (AvgIpc) is 2.75. The molecule has 0 aliphatic carbocycles. The number of para-hydroxylation sites is 1. The van der Waals surface area contributed by atoms with Crippen molar-refractivity contribution in [2.24, 2.45) is 0 Å². The van der Waals surface area contributed by atoms with Crippen molar-refractivity contribution in [1.82, 2.24) is 4.90 Å². The fraction of sp³-hybridized carbons (Fsp3) is 0.533. The normalized spacial score (nSPS) is 19.6. The van der Waals surface area contributed by atoms with E-state index in [4.69, 9.17) is 0 Å². The molecule has 0 radical (unpaired) electrons. The first-order valence-electron chi connectivity index (χ1n) is 6.71. The zero-order chi connectivity index (χ0) is 14.0. The van der Waals surface area contributed by atoms with Crippen molar-refractivity contribution in [3.63, 3.8) is 0 Å². The number of aliphatic hydroxyl groups excluding tert-OH is 1. The number of aliphatic hydroxyl groups is 1. The van der Waals surface area contributed by atoms with Crippen molar-refractivity contribution in [3.8, 4) is 0 Å². The van der Waals surface area contributed by atoms with E-state index in [0.717, 1.165) is 11.3 Å². The lowest BCUT2D eigenvalue weighted by Crippen LogP contribution is -2.34. The van der Waals surface area contributed by atoms with Crippen molar-refractivity contribution < 1.29 is 9.90 Å². The van der Waals surface area contributed by atoms with Gasteiger partial charge < -0.3 is 15.3 Å². The first-order valence-corrected chi connectivity index (χ1v) is 6.71. The summed E-state index contributed by atoms with van der Waals surface area (Å²) in [6.45, 7) is 7.40. The molecular formula is C15H22N2O2. The van der Waals surface area contributed by atoms with E-state index in [1.165, 1.54) is 0 Å². The molecular weight excluding hydrogens is 240 g/mol. The van der Waals surface area contributed by atoms with Gasteiger partial charge in [-0.05, 0) is 23.5 Å². The average molecular weight is 262 g/mol. The Morgan fingerprint density at radius 3 is 2.63 bits per heavy atom. The maximum atomic E-state index is 12.1. The van der Waals surface area contributed by atoms with Crippen molar-refractivity contribution in [2.45, 2.75) is 38.7 Å². The third kappa shape index (κ3) is 3.26. The van der Waals surface area contributed by atoms with E-state index in [-0.39, 0.29) is 17.6 Å². The predicted molar refractivity (Wildman–Crippen MR) is 76.4 cm³/mol. The van der Waals surface area contributed by atoms with Gasteiger partial charge in [0.25, 0.3) is 0 Å². The van der Waals surface area contributed by atoms with E-state index >= 15 is 0 Å². The quantitative estimate of drug-likeness (QED) is 0.817. The molecule has 4 nitrogen and oxygen atoms in total. The molecule has 0 saturated carbocycles. The van der Waals surface area contributed by atoms with Crippen LogP contribution in [-0.4, -0.2) is 35.2 Å². The van der Waals surface area contributed by atoms with Gasteiger partial charge in [-0.2, -0.15) is 0 Å². The second-order valence-corrected chi connectivity index (χ2v) is 6.11. The summed E-state index contributed by atoms with van der Waals surface area (Å²) < 4.78 is 0. The number of anilines is 1. The third-order valence-corrected chi connectivity index (χ3v) is 3.43. The number of carbonyl (C=O) groups is 1. The molecule has 1 aliphatic heterocycles. The van der Waals surface area contributed by atoms with Crippen molar-refractivity contribution in [2.75, 3.05) is 18.4 Å². The van der Waals surface area contributed by atoms with Gasteiger partial charge in [0.2, 0.25) is 0 Å². The minimum atomic E-state index is -0.386. The maximum absolute atomic E-state index is 12.1. The van der Waals surface area contributed by atoms with E-state index in [9.17, 15) is 9.90 Å². The minimum Gasteiger partial charge on any atom is -0.391 e. The third-order valence-electron chi connectivity index (χ3n) is 3.43. The number of likely N-dealkylation sites (tertiary alicyclic amines) is 1. The van der Waals surface area contributed by atoms with Gasteiger partial charge in [0.15, 0.2) is 0 Å². The zero-order valence-electron chi connectivity index (χ0n) is 11.8.